The molecule has 0 atom stereocenters. The molecule has 1 aromatic carbocycles. The highest BCUT2D eigenvalue weighted by Gasteiger charge is 2.06. The molecule has 0 unspecified atom stereocenters. The van der Waals surface area contributed by atoms with E-state index >= 15 is 0 Å². The van der Waals surface area contributed by atoms with Crippen molar-refractivity contribution < 1.29 is 9.53 Å². The summed E-state index contributed by atoms with van der Waals surface area (Å²) in [6, 6.07) is 7.53. The molecule has 0 aliphatic heterocycles. The SMILES string of the molecule is C=C(CCCCCC)c1ccc(C(=O)OCC)cc1. The molecule has 0 aliphatic rings. The molecule has 0 fully saturated rings. The van der Waals surface area contributed by atoms with Gasteiger partial charge in [0.2, 0.25) is 0 Å². The zero-order valence-corrected chi connectivity index (χ0v) is 12.1. The Hall–Kier alpha value is -1.57. The van der Waals surface area contributed by atoms with Gasteiger partial charge in [-0.05, 0) is 43.0 Å². The molecule has 0 amide bonds. The van der Waals surface area contributed by atoms with Gasteiger partial charge in [0.1, 0.15) is 0 Å². The third-order valence-corrected chi connectivity index (χ3v) is 3.14. The second-order valence-corrected chi connectivity index (χ2v) is 4.71. The Morgan fingerprint density at radius 1 is 1.05 bits per heavy atom. The fourth-order valence-electron chi connectivity index (χ4n) is 1.97. The van der Waals surface area contributed by atoms with Crippen molar-refractivity contribution in [1.29, 1.82) is 0 Å². The van der Waals surface area contributed by atoms with Crippen LogP contribution in [0.2, 0.25) is 0 Å². The molecule has 0 N–H and O–H groups in total. The van der Waals surface area contributed by atoms with E-state index in [4.69, 9.17) is 4.74 Å². The van der Waals surface area contributed by atoms with Crippen LogP contribution in [0.25, 0.3) is 5.57 Å². The molecule has 104 valence electrons. The van der Waals surface area contributed by atoms with E-state index in [1.807, 2.05) is 31.2 Å². The lowest BCUT2D eigenvalue weighted by molar-refractivity contribution is 0.0526. The summed E-state index contributed by atoms with van der Waals surface area (Å²) in [5, 5.41) is 0. The number of unbranched alkanes of at least 4 members (excludes halogenated alkanes) is 3. The smallest absolute Gasteiger partial charge is 0.338 e. The lowest BCUT2D eigenvalue weighted by atomic mass is 10.00. The number of allylic oxidation sites excluding steroid dienone is 1. The van der Waals surface area contributed by atoms with Crippen LogP contribution >= 0.6 is 0 Å². The van der Waals surface area contributed by atoms with Gasteiger partial charge in [0, 0.05) is 0 Å². The quantitative estimate of drug-likeness (QED) is 0.493. The van der Waals surface area contributed by atoms with Crippen molar-refractivity contribution in [3.05, 3.63) is 42.0 Å². The Morgan fingerprint density at radius 3 is 2.26 bits per heavy atom. The van der Waals surface area contributed by atoms with Crippen molar-refractivity contribution in [2.75, 3.05) is 6.61 Å². The van der Waals surface area contributed by atoms with Gasteiger partial charge in [-0.2, -0.15) is 0 Å². The summed E-state index contributed by atoms with van der Waals surface area (Å²) in [5.74, 6) is -0.261. The summed E-state index contributed by atoms with van der Waals surface area (Å²) >= 11 is 0. The number of rotatable bonds is 8. The zero-order chi connectivity index (χ0) is 14.1. The van der Waals surface area contributed by atoms with Crippen molar-refractivity contribution in [2.24, 2.45) is 0 Å². The molecule has 19 heavy (non-hydrogen) atoms. The van der Waals surface area contributed by atoms with Crippen LogP contribution in [0.15, 0.2) is 30.8 Å². The summed E-state index contributed by atoms with van der Waals surface area (Å²) in [5.41, 5.74) is 2.86. The fraction of sp³-hybridized carbons (Fsp3) is 0.471. The Balaban J connectivity index is 2.51. The van der Waals surface area contributed by atoms with E-state index in [1.165, 1.54) is 25.7 Å². The Morgan fingerprint density at radius 2 is 1.68 bits per heavy atom. The van der Waals surface area contributed by atoms with Gasteiger partial charge in [-0.15, -0.1) is 0 Å². The van der Waals surface area contributed by atoms with Crippen LogP contribution < -0.4 is 0 Å². The van der Waals surface area contributed by atoms with Gasteiger partial charge in [0.25, 0.3) is 0 Å². The van der Waals surface area contributed by atoms with Gasteiger partial charge >= 0.3 is 5.97 Å². The highest BCUT2D eigenvalue weighted by molar-refractivity contribution is 5.89. The van der Waals surface area contributed by atoms with Crippen LogP contribution in [0.5, 0.6) is 0 Å². The highest BCUT2D eigenvalue weighted by Crippen LogP contribution is 2.20. The van der Waals surface area contributed by atoms with Crippen molar-refractivity contribution >= 4 is 11.5 Å². The molecule has 0 saturated carbocycles. The van der Waals surface area contributed by atoms with Gasteiger partial charge < -0.3 is 4.74 Å². The van der Waals surface area contributed by atoms with E-state index in [-0.39, 0.29) is 5.97 Å². The Bertz CT molecular complexity index is 404. The van der Waals surface area contributed by atoms with Gasteiger partial charge in [-0.25, -0.2) is 4.79 Å². The molecule has 2 nitrogen and oxygen atoms in total. The summed E-state index contributed by atoms with van der Waals surface area (Å²) < 4.78 is 4.96. The average molecular weight is 260 g/mol. The van der Waals surface area contributed by atoms with E-state index < -0.39 is 0 Å². The molecule has 0 bridgehead atoms. The first-order valence-electron chi connectivity index (χ1n) is 7.14. The number of carbonyl (C=O) groups is 1. The molecule has 0 spiro atoms. The van der Waals surface area contributed by atoms with E-state index in [1.54, 1.807) is 0 Å². The van der Waals surface area contributed by atoms with Crippen molar-refractivity contribution in [3.63, 3.8) is 0 Å². The van der Waals surface area contributed by atoms with Crippen molar-refractivity contribution in [1.82, 2.24) is 0 Å². The lowest BCUT2D eigenvalue weighted by Crippen LogP contribution is -2.04. The number of hydrogen-bond donors (Lipinski definition) is 0. The fourth-order valence-corrected chi connectivity index (χ4v) is 1.97. The van der Waals surface area contributed by atoms with E-state index in [0.717, 1.165) is 17.6 Å². The molecule has 1 aromatic rings. The normalized spacial score (nSPS) is 10.2. The summed E-state index contributed by atoms with van der Waals surface area (Å²) in [6.07, 6.45) is 6.01. The van der Waals surface area contributed by atoms with Crippen molar-refractivity contribution in [3.8, 4) is 0 Å². The highest BCUT2D eigenvalue weighted by atomic mass is 16.5. The molecule has 1 rings (SSSR count). The number of benzene rings is 1. The van der Waals surface area contributed by atoms with E-state index in [2.05, 4.69) is 13.5 Å². The third-order valence-electron chi connectivity index (χ3n) is 3.14. The van der Waals surface area contributed by atoms with E-state index in [0.29, 0.717) is 12.2 Å². The second-order valence-electron chi connectivity index (χ2n) is 4.71. The molecule has 2 heteroatoms. The van der Waals surface area contributed by atoms with Crippen LogP contribution in [0, 0.1) is 0 Å². The topological polar surface area (TPSA) is 26.3 Å². The van der Waals surface area contributed by atoms with Crippen LogP contribution in [-0.4, -0.2) is 12.6 Å². The number of hydrogen-bond acceptors (Lipinski definition) is 2. The third kappa shape index (κ3) is 5.29. The second kappa shape index (κ2) is 8.52. The minimum absolute atomic E-state index is 0.261. The minimum atomic E-state index is -0.261. The van der Waals surface area contributed by atoms with Gasteiger partial charge in [0.15, 0.2) is 0 Å². The summed E-state index contributed by atoms with van der Waals surface area (Å²) in [4.78, 5) is 11.5. The minimum Gasteiger partial charge on any atom is -0.462 e. The van der Waals surface area contributed by atoms with Gasteiger partial charge in [0.05, 0.1) is 12.2 Å². The van der Waals surface area contributed by atoms with Crippen LogP contribution in [0.3, 0.4) is 0 Å². The molecular formula is C17H24O2. The van der Waals surface area contributed by atoms with Gasteiger partial charge in [-0.1, -0.05) is 44.9 Å². The summed E-state index contributed by atoms with van der Waals surface area (Å²) in [6.45, 7) is 8.55. The van der Waals surface area contributed by atoms with Crippen LogP contribution in [-0.2, 0) is 4.74 Å². The maximum absolute atomic E-state index is 11.5. The predicted octanol–water partition coefficient (Wildman–Crippen LogP) is 4.85. The predicted molar refractivity (Wildman–Crippen MR) is 80.2 cm³/mol. The monoisotopic (exact) mass is 260 g/mol. The summed E-state index contributed by atoms with van der Waals surface area (Å²) in [7, 11) is 0. The average Bonchev–Trinajstić information content (AvgIpc) is 2.44. The first-order valence-corrected chi connectivity index (χ1v) is 7.14. The van der Waals surface area contributed by atoms with Crippen LogP contribution in [0.1, 0.15) is 61.9 Å². The Labute approximate surface area is 116 Å². The van der Waals surface area contributed by atoms with Crippen molar-refractivity contribution in [2.45, 2.75) is 46.0 Å². The van der Waals surface area contributed by atoms with Crippen LogP contribution in [0.4, 0.5) is 0 Å². The molecule has 0 aromatic heterocycles. The Kier molecular flexibility index (Phi) is 6.94. The first-order chi connectivity index (χ1) is 9.19. The number of ether oxygens (including phenoxy) is 1. The molecule has 0 saturated heterocycles. The molecule has 0 radical (unpaired) electrons. The largest absolute Gasteiger partial charge is 0.462 e. The molecule has 0 aliphatic carbocycles. The standard InChI is InChI=1S/C17H24O2/c1-4-6-7-8-9-14(3)15-10-12-16(13-11-15)17(18)19-5-2/h10-13H,3-9H2,1-2H3. The maximum atomic E-state index is 11.5. The maximum Gasteiger partial charge on any atom is 0.338 e. The molecular weight excluding hydrogens is 236 g/mol. The molecule has 0 heterocycles. The first kappa shape index (κ1) is 15.5. The van der Waals surface area contributed by atoms with Gasteiger partial charge in [-0.3, -0.25) is 0 Å². The number of esters is 1. The zero-order valence-electron chi connectivity index (χ0n) is 12.1. The van der Waals surface area contributed by atoms with E-state index in [9.17, 15) is 4.79 Å². The number of carbonyl (C=O) groups excluding carboxylic acids is 1. The lowest BCUT2D eigenvalue weighted by Gasteiger charge is -2.07.